The van der Waals surface area contributed by atoms with E-state index in [1.807, 2.05) is 32.9 Å². The highest BCUT2D eigenvalue weighted by molar-refractivity contribution is 5.70. The molecule has 0 spiro atoms. The van der Waals surface area contributed by atoms with E-state index in [2.05, 4.69) is 16.7 Å². The van der Waals surface area contributed by atoms with Crippen LogP contribution in [0.2, 0.25) is 0 Å². The van der Waals surface area contributed by atoms with Crippen molar-refractivity contribution in [2.45, 2.75) is 83.9 Å². The van der Waals surface area contributed by atoms with Gasteiger partial charge in [0, 0.05) is 24.2 Å². The molecule has 1 saturated carbocycles. The fraction of sp³-hybridized carbons (Fsp3) is 0.609. The van der Waals surface area contributed by atoms with Gasteiger partial charge in [-0.2, -0.15) is 5.26 Å². The minimum Gasteiger partial charge on any atom is -0.466 e. The van der Waals surface area contributed by atoms with E-state index in [-0.39, 0.29) is 24.1 Å². The summed E-state index contributed by atoms with van der Waals surface area (Å²) in [6, 6.07) is 8.03. The summed E-state index contributed by atoms with van der Waals surface area (Å²) in [5.41, 5.74) is 1.96. The SMILES string of the molecule is CCOC(=O)CCc1ccc(C#N)cc1NC1CCC(NC(=O)OC(C)(C)C)CC1. The molecule has 0 aliphatic heterocycles. The number of nitrogens with one attached hydrogen (secondary N) is 2. The van der Waals surface area contributed by atoms with Crippen LogP contribution in [0.25, 0.3) is 0 Å². The minimum atomic E-state index is -0.505. The number of rotatable bonds is 7. The molecule has 1 fully saturated rings. The van der Waals surface area contributed by atoms with Gasteiger partial charge in [0.15, 0.2) is 0 Å². The summed E-state index contributed by atoms with van der Waals surface area (Å²) < 4.78 is 10.3. The Labute approximate surface area is 179 Å². The Hall–Kier alpha value is -2.75. The molecule has 0 aromatic heterocycles. The number of aryl methyl sites for hydroxylation is 1. The van der Waals surface area contributed by atoms with E-state index < -0.39 is 5.60 Å². The monoisotopic (exact) mass is 415 g/mol. The first kappa shape index (κ1) is 23.5. The third-order valence-corrected chi connectivity index (χ3v) is 4.95. The number of hydrogen-bond donors (Lipinski definition) is 2. The molecule has 2 N–H and O–H groups in total. The molecule has 0 radical (unpaired) electrons. The van der Waals surface area contributed by atoms with Gasteiger partial charge in [0.2, 0.25) is 0 Å². The zero-order valence-corrected chi connectivity index (χ0v) is 18.4. The molecular weight excluding hydrogens is 382 g/mol. The van der Waals surface area contributed by atoms with Crippen LogP contribution in [-0.4, -0.2) is 36.4 Å². The van der Waals surface area contributed by atoms with Crippen LogP contribution >= 0.6 is 0 Å². The maximum atomic E-state index is 12.0. The average molecular weight is 416 g/mol. The first-order chi connectivity index (χ1) is 14.2. The Morgan fingerprint density at radius 2 is 1.83 bits per heavy atom. The highest BCUT2D eigenvalue weighted by Crippen LogP contribution is 2.26. The summed E-state index contributed by atoms with van der Waals surface area (Å²) in [6.45, 7) is 7.71. The van der Waals surface area contributed by atoms with Crippen molar-refractivity contribution < 1.29 is 19.1 Å². The lowest BCUT2D eigenvalue weighted by Gasteiger charge is -2.31. The Bertz CT molecular complexity index is 772. The summed E-state index contributed by atoms with van der Waals surface area (Å²) >= 11 is 0. The first-order valence-corrected chi connectivity index (χ1v) is 10.6. The van der Waals surface area contributed by atoms with E-state index in [1.165, 1.54) is 0 Å². The van der Waals surface area contributed by atoms with Gasteiger partial charge in [-0.25, -0.2) is 4.79 Å². The molecule has 0 unspecified atom stereocenters. The van der Waals surface area contributed by atoms with E-state index in [9.17, 15) is 14.9 Å². The fourth-order valence-corrected chi connectivity index (χ4v) is 3.54. The predicted molar refractivity (Wildman–Crippen MR) is 115 cm³/mol. The number of ether oxygens (including phenoxy) is 2. The topological polar surface area (TPSA) is 100 Å². The van der Waals surface area contributed by atoms with Crippen LogP contribution < -0.4 is 10.6 Å². The van der Waals surface area contributed by atoms with Crippen molar-refractivity contribution in [2.24, 2.45) is 0 Å². The van der Waals surface area contributed by atoms with Crippen LogP contribution in [-0.2, 0) is 20.7 Å². The lowest BCUT2D eigenvalue weighted by molar-refractivity contribution is -0.143. The molecule has 1 aromatic carbocycles. The van der Waals surface area contributed by atoms with Crippen molar-refractivity contribution in [1.82, 2.24) is 5.32 Å². The number of nitrogens with zero attached hydrogens (tertiary/aromatic N) is 1. The Morgan fingerprint density at radius 1 is 1.17 bits per heavy atom. The van der Waals surface area contributed by atoms with E-state index in [4.69, 9.17) is 9.47 Å². The van der Waals surface area contributed by atoms with Gasteiger partial charge in [-0.1, -0.05) is 6.07 Å². The minimum absolute atomic E-state index is 0.103. The van der Waals surface area contributed by atoms with Gasteiger partial charge >= 0.3 is 12.1 Å². The number of anilines is 1. The van der Waals surface area contributed by atoms with Gasteiger partial charge in [0.1, 0.15) is 5.60 Å². The summed E-state index contributed by atoms with van der Waals surface area (Å²) in [5, 5.41) is 15.7. The first-order valence-electron chi connectivity index (χ1n) is 10.6. The third kappa shape index (κ3) is 7.94. The molecule has 30 heavy (non-hydrogen) atoms. The largest absolute Gasteiger partial charge is 0.466 e. The standard InChI is InChI=1S/C23H33N3O4/c1-5-29-21(27)13-8-17-7-6-16(15-24)14-20(17)25-18-9-11-19(12-10-18)26-22(28)30-23(2,3)4/h6-7,14,18-19,25H,5,8-13H2,1-4H3,(H,26,28). The molecule has 0 heterocycles. The zero-order valence-electron chi connectivity index (χ0n) is 18.4. The molecule has 1 amide bonds. The van der Waals surface area contributed by atoms with Gasteiger partial charge < -0.3 is 20.1 Å². The van der Waals surface area contributed by atoms with E-state index in [0.29, 0.717) is 25.0 Å². The Morgan fingerprint density at radius 3 is 2.43 bits per heavy atom. The Kier molecular flexibility index (Phi) is 8.52. The number of carbonyl (C=O) groups is 2. The molecule has 0 atom stereocenters. The van der Waals surface area contributed by atoms with Crippen LogP contribution in [0.1, 0.15) is 70.9 Å². The van der Waals surface area contributed by atoms with Crippen molar-refractivity contribution in [3.05, 3.63) is 29.3 Å². The van der Waals surface area contributed by atoms with E-state index in [1.54, 1.807) is 13.0 Å². The lowest BCUT2D eigenvalue weighted by atomic mass is 9.90. The van der Waals surface area contributed by atoms with Crippen molar-refractivity contribution in [1.29, 1.82) is 5.26 Å². The van der Waals surface area contributed by atoms with Crippen LogP contribution in [0.5, 0.6) is 0 Å². The molecular formula is C23H33N3O4. The Balaban J connectivity index is 1.92. The number of benzene rings is 1. The molecule has 1 aliphatic rings. The number of hydrogen-bond acceptors (Lipinski definition) is 6. The summed E-state index contributed by atoms with van der Waals surface area (Å²) in [5.74, 6) is -0.221. The summed E-state index contributed by atoms with van der Waals surface area (Å²) in [4.78, 5) is 23.7. The molecule has 2 rings (SSSR count). The molecule has 7 nitrogen and oxygen atoms in total. The number of amides is 1. The number of nitriles is 1. The van der Waals surface area contributed by atoms with E-state index >= 15 is 0 Å². The molecule has 7 heteroatoms. The van der Waals surface area contributed by atoms with Gasteiger partial charge in [0.05, 0.1) is 18.2 Å². The number of esters is 1. The zero-order chi connectivity index (χ0) is 22.1. The van der Waals surface area contributed by atoms with Crippen molar-refractivity contribution in [3.8, 4) is 6.07 Å². The highest BCUT2D eigenvalue weighted by atomic mass is 16.6. The second-order valence-corrected chi connectivity index (χ2v) is 8.63. The second-order valence-electron chi connectivity index (χ2n) is 8.63. The van der Waals surface area contributed by atoms with Gasteiger partial charge in [-0.3, -0.25) is 4.79 Å². The van der Waals surface area contributed by atoms with Crippen LogP contribution in [0.3, 0.4) is 0 Å². The normalized spacial score (nSPS) is 18.8. The van der Waals surface area contributed by atoms with Gasteiger partial charge in [-0.05, 0) is 77.5 Å². The molecule has 1 aromatic rings. The molecule has 164 valence electrons. The highest BCUT2D eigenvalue weighted by Gasteiger charge is 2.25. The van der Waals surface area contributed by atoms with Gasteiger partial charge in [0.25, 0.3) is 0 Å². The quantitative estimate of drug-likeness (QED) is 0.644. The lowest BCUT2D eigenvalue weighted by Crippen LogP contribution is -2.42. The number of carbonyl (C=O) groups excluding carboxylic acids is 2. The molecule has 1 aliphatic carbocycles. The van der Waals surface area contributed by atoms with Crippen LogP contribution in [0.4, 0.5) is 10.5 Å². The molecule has 0 saturated heterocycles. The maximum Gasteiger partial charge on any atom is 0.407 e. The van der Waals surface area contributed by atoms with Crippen molar-refractivity contribution in [2.75, 3.05) is 11.9 Å². The molecule has 0 bridgehead atoms. The average Bonchev–Trinajstić information content (AvgIpc) is 2.67. The summed E-state index contributed by atoms with van der Waals surface area (Å²) in [6.07, 6.45) is 3.99. The summed E-state index contributed by atoms with van der Waals surface area (Å²) in [7, 11) is 0. The van der Waals surface area contributed by atoms with Gasteiger partial charge in [-0.15, -0.1) is 0 Å². The second kappa shape index (κ2) is 10.9. The van der Waals surface area contributed by atoms with Crippen molar-refractivity contribution >= 4 is 17.7 Å². The van der Waals surface area contributed by atoms with Crippen LogP contribution in [0.15, 0.2) is 18.2 Å². The predicted octanol–water partition coefficient (Wildman–Crippen LogP) is 4.30. The fourth-order valence-electron chi connectivity index (χ4n) is 3.54. The smallest absolute Gasteiger partial charge is 0.407 e. The maximum absolute atomic E-state index is 12.0. The third-order valence-electron chi connectivity index (χ3n) is 4.95. The number of alkyl carbamates (subject to hydrolysis) is 1. The van der Waals surface area contributed by atoms with Crippen molar-refractivity contribution in [3.63, 3.8) is 0 Å². The van der Waals surface area contributed by atoms with E-state index in [0.717, 1.165) is 36.9 Å². The van der Waals surface area contributed by atoms with Crippen LogP contribution in [0, 0.1) is 11.3 Å².